The quantitative estimate of drug-likeness (QED) is 0.131. The number of azo groups is 1. The van der Waals surface area contributed by atoms with Gasteiger partial charge >= 0.3 is 5.97 Å². The smallest absolute Gasteiger partial charge is 0.333 e. The molecule has 0 bridgehead atoms. The molecule has 7 nitrogen and oxygen atoms in total. The lowest BCUT2D eigenvalue weighted by Crippen LogP contribution is -2.39. The molecule has 8 heteroatoms. The zero-order valence-electron chi connectivity index (χ0n) is 22.4. The number of ether oxygens (including phenoxy) is 2. The first-order valence-electron chi connectivity index (χ1n) is 12.8. The van der Waals surface area contributed by atoms with Crippen LogP contribution in [0.5, 0.6) is 5.75 Å². The third-order valence-electron chi connectivity index (χ3n) is 6.84. The first kappa shape index (κ1) is 28.2. The second kappa shape index (κ2) is 12.4. The van der Waals surface area contributed by atoms with Gasteiger partial charge in [-0.2, -0.15) is 10.2 Å². The molecule has 0 saturated heterocycles. The molecule has 4 rings (SSSR count). The van der Waals surface area contributed by atoms with Gasteiger partial charge in [-0.25, -0.2) is 4.79 Å². The Hall–Kier alpha value is -3.78. The van der Waals surface area contributed by atoms with Crippen molar-refractivity contribution in [1.82, 2.24) is 0 Å². The summed E-state index contributed by atoms with van der Waals surface area (Å²) in [7, 11) is 1.59. The minimum absolute atomic E-state index is 0.0647. The molecule has 0 N–H and O–H groups in total. The monoisotopic (exact) mass is 589 g/mol. The number of anilines is 1. The summed E-state index contributed by atoms with van der Waals surface area (Å²) in [6.07, 6.45) is 0.819. The molecule has 1 amide bonds. The summed E-state index contributed by atoms with van der Waals surface area (Å²) >= 11 is 3.54. The normalized spacial score (nSPS) is 17.2. The Morgan fingerprint density at radius 2 is 1.82 bits per heavy atom. The Morgan fingerprint density at radius 1 is 1.10 bits per heavy atom. The second-order valence-electron chi connectivity index (χ2n) is 9.69. The highest BCUT2D eigenvalue weighted by Crippen LogP contribution is 2.48. The third kappa shape index (κ3) is 6.28. The van der Waals surface area contributed by atoms with E-state index in [1.165, 1.54) is 0 Å². The van der Waals surface area contributed by atoms with E-state index in [1.54, 1.807) is 36.3 Å². The van der Waals surface area contributed by atoms with Crippen LogP contribution in [0.1, 0.15) is 37.8 Å². The average Bonchev–Trinajstić information content (AvgIpc) is 3.17. The number of benzene rings is 3. The number of methoxy groups -OCH3 is 1. The largest absolute Gasteiger partial charge is 0.497 e. The van der Waals surface area contributed by atoms with Crippen molar-refractivity contribution in [3.05, 3.63) is 101 Å². The highest BCUT2D eigenvalue weighted by molar-refractivity contribution is 9.10. The van der Waals surface area contributed by atoms with Gasteiger partial charge in [-0.1, -0.05) is 79.2 Å². The molecule has 0 radical (unpaired) electrons. The lowest BCUT2D eigenvalue weighted by atomic mass is 9.86. The number of rotatable bonds is 11. The zero-order chi connectivity index (χ0) is 28.0. The van der Waals surface area contributed by atoms with Gasteiger partial charge in [-0.05, 0) is 47.9 Å². The summed E-state index contributed by atoms with van der Waals surface area (Å²) in [6, 6.07) is 22.4. The molecule has 3 aromatic rings. The van der Waals surface area contributed by atoms with Crippen molar-refractivity contribution >= 4 is 39.2 Å². The second-order valence-corrected chi connectivity index (χ2v) is 10.6. The SMILES string of the molecule is C=C(CC1(N=Nc2ccc(OC)cc2)C(=O)N(Cc2ccccc2)c2cc(Br)ccc21)C(=O)OCC(C)CC. The van der Waals surface area contributed by atoms with E-state index in [9.17, 15) is 9.59 Å². The van der Waals surface area contributed by atoms with Crippen molar-refractivity contribution in [1.29, 1.82) is 0 Å². The molecule has 1 aliphatic rings. The number of esters is 1. The number of carbonyl (C=O) groups excluding carboxylic acids is 2. The fourth-order valence-electron chi connectivity index (χ4n) is 4.36. The van der Waals surface area contributed by atoms with E-state index in [1.807, 2.05) is 62.4 Å². The summed E-state index contributed by atoms with van der Waals surface area (Å²) in [5, 5.41) is 9.13. The fraction of sp³-hybridized carbons (Fsp3) is 0.290. The zero-order valence-corrected chi connectivity index (χ0v) is 24.0. The summed E-state index contributed by atoms with van der Waals surface area (Å²) in [5.41, 5.74) is 1.54. The molecule has 0 spiro atoms. The number of hydrogen-bond donors (Lipinski definition) is 0. The summed E-state index contributed by atoms with van der Waals surface area (Å²) in [6.45, 7) is 8.68. The minimum Gasteiger partial charge on any atom is -0.497 e. The molecule has 1 aliphatic heterocycles. The van der Waals surface area contributed by atoms with Gasteiger partial charge in [0, 0.05) is 22.0 Å². The lowest BCUT2D eigenvalue weighted by molar-refractivity contribution is -0.140. The number of halogens is 1. The lowest BCUT2D eigenvalue weighted by Gasteiger charge is -2.24. The van der Waals surface area contributed by atoms with Crippen molar-refractivity contribution in [2.45, 2.75) is 38.8 Å². The van der Waals surface area contributed by atoms with E-state index in [2.05, 4.69) is 32.7 Å². The van der Waals surface area contributed by atoms with Crippen LogP contribution in [-0.2, 0) is 26.4 Å². The predicted octanol–water partition coefficient (Wildman–Crippen LogP) is 7.52. The van der Waals surface area contributed by atoms with E-state index < -0.39 is 11.5 Å². The van der Waals surface area contributed by atoms with E-state index >= 15 is 0 Å². The third-order valence-corrected chi connectivity index (χ3v) is 7.33. The molecule has 2 unspecified atom stereocenters. The van der Waals surface area contributed by atoms with Gasteiger partial charge in [0.15, 0.2) is 5.54 Å². The minimum atomic E-state index is -1.49. The van der Waals surface area contributed by atoms with Gasteiger partial charge in [0.05, 0.1) is 31.6 Å². The molecule has 0 saturated carbocycles. The first-order valence-corrected chi connectivity index (χ1v) is 13.6. The van der Waals surface area contributed by atoms with Crippen LogP contribution in [0.3, 0.4) is 0 Å². The Bertz CT molecular complexity index is 1370. The highest BCUT2D eigenvalue weighted by atomic mass is 79.9. The molecular formula is C31H32BrN3O4. The van der Waals surface area contributed by atoms with Crippen molar-refractivity contribution in [2.75, 3.05) is 18.6 Å². The number of amides is 1. The Morgan fingerprint density at radius 3 is 2.49 bits per heavy atom. The van der Waals surface area contributed by atoms with E-state index in [0.717, 1.165) is 16.5 Å². The molecule has 2 atom stereocenters. The number of fused-ring (bicyclic) bond motifs is 1. The number of hydrogen-bond acceptors (Lipinski definition) is 6. The molecule has 0 aliphatic carbocycles. The molecule has 39 heavy (non-hydrogen) atoms. The van der Waals surface area contributed by atoms with Crippen LogP contribution in [0.4, 0.5) is 11.4 Å². The van der Waals surface area contributed by atoms with Crippen LogP contribution in [0, 0.1) is 5.92 Å². The average molecular weight is 591 g/mol. The summed E-state index contributed by atoms with van der Waals surface area (Å²) in [5.74, 6) is 0.0789. The van der Waals surface area contributed by atoms with Crippen LogP contribution in [0.2, 0.25) is 0 Å². The van der Waals surface area contributed by atoms with Gasteiger partial charge in [0.25, 0.3) is 5.91 Å². The highest BCUT2D eigenvalue weighted by Gasteiger charge is 2.52. The van der Waals surface area contributed by atoms with Crippen LogP contribution >= 0.6 is 15.9 Å². The molecule has 3 aromatic carbocycles. The molecule has 1 heterocycles. The van der Waals surface area contributed by atoms with Crippen LogP contribution in [0.15, 0.2) is 99.6 Å². The topological polar surface area (TPSA) is 80.6 Å². The summed E-state index contributed by atoms with van der Waals surface area (Å²) < 4.78 is 11.6. The maximum Gasteiger partial charge on any atom is 0.333 e. The first-order chi connectivity index (χ1) is 18.8. The Kier molecular flexibility index (Phi) is 8.97. The number of carbonyl (C=O) groups is 2. The van der Waals surface area contributed by atoms with Gasteiger partial charge in [0.1, 0.15) is 5.75 Å². The van der Waals surface area contributed by atoms with Crippen molar-refractivity contribution in [3.8, 4) is 5.75 Å². The predicted molar refractivity (Wildman–Crippen MR) is 155 cm³/mol. The maximum atomic E-state index is 14.3. The number of nitrogens with zero attached hydrogens (tertiary/aromatic N) is 3. The molecule has 0 aromatic heterocycles. The van der Waals surface area contributed by atoms with Crippen molar-refractivity contribution in [2.24, 2.45) is 16.1 Å². The standard InChI is InChI=1S/C31H32BrN3O4/c1-5-21(2)20-39-29(36)22(3)18-31(34-33-25-12-14-26(38-4)15-13-25)27-16-11-24(32)17-28(27)35(30(31)37)19-23-9-7-6-8-10-23/h6-17,21H,3,5,18-20H2,1-2,4H3. The molecule has 0 fully saturated rings. The van der Waals surface area contributed by atoms with Gasteiger partial charge in [0.2, 0.25) is 0 Å². The van der Waals surface area contributed by atoms with Crippen LogP contribution in [0.25, 0.3) is 0 Å². The van der Waals surface area contributed by atoms with E-state index in [0.29, 0.717) is 29.2 Å². The Labute approximate surface area is 237 Å². The Balaban J connectivity index is 1.76. The van der Waals surface area contributed by atoms with Gasteiger partial charge in [-0.3, -0.25) is 4.79 Å². The fourth-order valence-corrected chi connectivity index (χ4v) is 4.71. The van der Waals surface area contributed by atoms with Gasteiger partial charge in [-0.15, -0.1) is 0 Å². The van der Waals surface area contributed by atoms with E-state index in [-0.39, 0.29) is 30.4 Å². The molecular weight excluding hydrogens is 558 g/mol. The van der Waals surface area contributed by atoms with Crippen molar-refractivity contribution < 1.29 is 19.1 Å². The molecule has 202 valence electrons. The van der Waals surface area contributed by atoms with Crippen molar-refractivity contribution in [3.63, 3.8) is 0 Å². The summed E-state index contributed by atoms with van der Waals surface area (Å²) in [4.78, 5) is 29.0. The van der Waals surface area contributed by atoms with Gasteiger partial charge < -0.3 is 14.4 Å². The van der Waals surface area contributed by atoms with Crippen LogP contribution < -0.4 is 9.64 Å². The van der Waals surface area contributed by atoms with Crippen LogP contribution in [-0.4, -0.2) is 25.6 Å². The maximum absolute atomic E-state index is 14.3. The van der Waals surface area contributed by atoms with E-state index in [4.69, 9.17) is 9.47 Å².